The van der Waals surface area contributed by atoms with Gasteiger partial charge in [-0.05, 0) is 68.2 Å². The Morgan fingerprint density at radius 3 is 2.15 bits per heavy atom. The van der Waals surface area contributed by atoms with E-state index in [9.17, 15) is 4.79 Å². The van der Waals surface area contributed by atoms with Gasteiger partial charge in [0.05, 0.1) is 32.0 Å². The van der Waals surface area contributed by atoms with Crippen molar-refractivity contribution >= 4 is 11.7 Å². The lowest BCUT2D eigenvalue weighted by Gasteiger charge is -2.38. The highest BCUT2D eigenvalue weighted by Gasteiger charge is 2.37. The van der Waals surface area contributed by atoms with Crippen LogP contribution >= 0.6 is 0 Å². The Morgan fingerprint density at radius 1 is 1.10 bits per heavy atom. The molecule has 39 heavy (non-hydrogen) atoms. The number of carbonyl (C=O) groups is 1. The number of anilines is 1. The van der Waals surface area contributed by atoms with E-state index in [1.165, 1.54) is 0 Å². The summed E-state index contributed by atoms with van der Waals surface area (Å²) < 4.78 is 12.6. The third-order valence-corrected chi connectivity index (χ3v) is 7.61. The molecule has 2 aromatic carbocycles. The second-order valence-corrected chi connectivity index (χ2v) is 10.6. The summed E-state index contributed by atoms with van der Waals surface area (Å²) in [5.41, 5.74) is 2.81. The van der Waals surface area contributed by atoms with Crippen LogP contribution in [0.15, 0.2) is 91.7 Å². The zero-order valence-electron chi connectivity index (χ0n) is 23.5. The van der Waals surface area contributed by atoms with E-state index in [-0.39, 0.29) is 17.5 Å². The topological polar surface area (TPSA) is 77.4 Å². The number of hydrogen-bond acceptors (Lipinski definition) is 5. The number of amides is 1. The van der Waals surface area contributed by atoms with Gasteiger partial charge in [0.25, 0.3) is 5.91 Å². The quantitative estimate of drug-likeness (QED) is 0.324. The van der Waals surface area contributed by atoms with Crippen molar-refractivity contribution in [2.24, 2.45) is 0 Å². The van der Waals surface area contributed by atoms with E-state index in [0.717, 1.165) is 34.6 Å². The molecule has 0 aliphatic carbocycles. The predicted molar refractivity (Wildman–Crippen MR) is 157 cm³/mol. The van der Waals surface area contributed by atoms with Crippen LogP contribution in [-0.4, -0.2) is 42.5 Å². The fraction of sp³-hybridized carbons (Fsp3) is 0.312. The van der Waals surface area contributed by atoms with Crippen molar-refractivity contribution < 1.29 is 14.3 Å². The molecule has 1 atom stereocenters. The zero-order chi connectivity index (χ0) is 28.2. The van der Waals surface area contributed by atoms with E-state index in [4.69, 9.17) is 9.47 Å². The second-order valence-electron chi connectivity index (χ2n) is 10.6. The number of nitrogens with one attached hydrogen (secondary N) is 2. The highest BCUT2D eigenvalue weighted by molar-refractivity contribution is 5.99. The van der Waals surface area contributed by atoms with Gasteiger partial charge in [-0.3, -0.25) is 4.79 Å². The molecule has 0 bridgehead atoms. The van der Waals surface area contributed by atoms with Crippen LogP contribution in [-0.2, 0) is 11.0 Å². The lowest BCUT2D eigenvalue weighted by Crippen LogP contribution is -2.43. The first-order valence-electron chi connectivity index (χ1n) is 13.0. The lowest BCUT2D eigenvalue weighted by molar-refractivity contribution is 0.0947. The van der Waals surface area contributed by atoms with Crippen LogP contribution in [0.4, 0.5) is 5.82 Å². The number of hydrogen-bond donors (Lipinski definition) is 2. The predicted octanol–water partition coefficient (Wildman–Crippen LogP) is 5.85. The molecule has 7 heteroatoms. The summed E-state index contributed by atoms with van der Waals surface area (Å²) in [6.07, 6.45) is 7.97. The molecule has 4 rings (SSSR count). The van der Waals surface area contributed by atoms with Crippen molar-refractivity contribution in [3.8, 4) is 11.5 Å². The Balaban J connectivity index is 1.65. The number of fused-ring (bicyclic) bond motifs is 1. The number of carbonyl (C=O) groups excluding carboxylic acids is 1. The van der Waals surface area contributed by atoms with Crippen molar-refractivity contribution in [3.63, 3.8) is 0 Å². The maximum absolute atomic E-state index is 13.7. The lowest BCUT2D eigenvalue weighted by atomic mass is 9.76. The Bertz CT molecular complexity index is 1320. The molecular weight excluding hydrogens is 488 g/mol. The molecule has 0 radical (unpaired) electrons. The Labute approximate surface area is 231 Å². The van der Waals surface area contributed by atoms with Crippen molar-refractivity contribution in [3.05, 3.63) is 108 Å². The fourth-order valence-corrected chi connectivity index (χ4v) is 5.22. The second kappa shape index (κ2) is 11.2. The molecular formula is C32H38N4O3. The van der Waals surface area contributed by atoms with E-state index in [2.05, 4.69) is 49.7 Å². The van der Waals surface area contributed by atoms with Gasteiger partial charge in [-0.15, -0.1) is 0 Å². The van der Waals surface area contributed by atoms with Gasteiger partial charge >= 0.3 is 0 Å². The number of rotatable bonds is 10. The molecule has 0 saturated carbocycles. The van der Waals surface area contributed by atoms with Crippen LogP contribution in [0.25, 0.3) is 0 Å². The largest absolute Gasteiger partial charge is 0.497 e. The normalized spacial score (nSPS) is 16.4. The van der Waals surface area contributed by atoms with Crippen LogP contribution in [0, 0.1) is 0 Å². The summed E-state index contributed by atoms with van der Waals surface area (Å²) in [5.74, 6) is 2.06. The summed E-state index contributed by atoms with van der Waals surface area (Å²) in [5, 5.41) is 11.3. The number of benzene rings is 2. The first-order valence-corrected chi connectivity index (χ1v) is 13.0. The number of allylic oxidation sites excluding steroid dienone is 2. The van der Waals surface area contributed by atoms with Crippen LogP contribution in [0.1, 0.15) is 48.7 Å². The Morgan fingerprint density at radius 2 is 1.67 bits per heavy atom. The molecule has 204 valence electrons. The van der Waals surface area contributed by atoms with Gasteiger partial charge in [-0.1, -0.05) is 55.7 Å². The van der Waals surface area contributed by atoms with Crippen LogP contribution in [0.5, 0.6) is 11.5 Å². The van der Waals surface area contributed by atoms with E-state index < -0.39 is 5.41 Å². The van der Waals surface area contributed by atoms with Crippen LogP contribution in [0.3, 0.4) is 0 Å². The first kappa shape index (κ1) is 27.8. The average molecular weight is 527 g/mol. The highest BCUT2D eigenvalue weighted by Crippen LogP contribution is 2.37. The molecule has 1 aliphatic rings. The standard InChI is InChI=1S/C32H38N4O3/c1-8-10-22(9-2)28-19-31(3,4)36-29(35-28)27(20-34-36)30(37)33-21-32(5,23-11-15-25(38-6)16-12-23)24-13-17-26(39-7)18-14-24/h8-18,20,28,35H,1-2,19,21H2,3-7H3,(H,33,37)/b22-10+. The molecule has 1 aromatic heterocycles. The number of nitrogens with zero attached hydrogens (tertiary/aromatic N) is 2. The molecule has 2 N–H and O–H groups in total. The van der Waals surface area contributed by atoms with Gasteiger partial charge in [-0.2, -0.15) is 5.10 Å². The minimum absolute atomic E-state index is 0.0184. The summed E-state index contributed by atoms with van der Waals surface area (Å²) in [7, 11) is 3.30. The minimum Gasteiger partial charge on any atom is -0.497 e. The Hall–Kier alpha value is -4.26. The minimum atomic E-state index is -0.515. The molecule has 1 amide bonds. The smallest absolute Gasteiger partial charge is 0.256 e. The van der Waals surface area contributed by atoms with Gasteiger partial charge in [0.15, 0.2) is 0 Å². The van der Waals surface area contributed by atoms with E-state index in [1.807, 2.05) is 65.4 Å². The van der Waals surface area contributed by atoms with E-state index >= 15 is 0 Å². The molecule has 0 saturated heterocycles. The maximum Gasteiger partial charge on any atom is 0.256 e. The number of aromatic nitrogens is 2. The number of ether oxygens (including phenoxy) is 2. The van der Waals surface area contributed by atoms with Crippen molar-refractivity contribution in [1.29, 1.82) is 0 Å². The van der Waals surface area contributed by atoms with Gasteiger partial charge in [0.1, 0.15) is 22.9 Å². The first-order chi connectivity index (χ1) is 18.7. The Kier molecular flexibility index (Phi) is 8.00. The summed E-state index contributed by atoms with van der Waals surface area (Å²) in [6, 6.07) is 15.9. The molecule has 0 spiro atoms. The summed E-state index contributed by atoms with van der Waals surface area (Å²) >= 11 is 0. The summed E-state index contributed by atoms with van der Waals surface area (Å²) in [4.78, 5) is 13.7. The molecule has 7 nitrogen and oxygen atoms in total. The highest BCUT2D eigenvalue weighted by atomic mass is 16.5. The maximum atomic E-state index is 13.7. The molecule has 1 aliphatic heterocycles. The average Bonchev–Trinajstić information content (AvgIpc) is 3.39. The van der Waals surface area contributed by atoms with Gasteiger partial charge in [0, 0.05) is 12.0 Å². The van der Waals surface area contributed by atoms with E-state index in [1.54, 1.807) is 26.5 Å². The third kappa shape index (κ3) is 5.48. The van der Waals surface area contributed by atoms with Crippen molar-refractivity contribution in [2.45, 2.75) is 44.2 Å². The van der Waals surface area contributed by atoms with E-state index in [0.29, 0.717) is 17.9 Å². The molecule has 3 aromatic rings. The van der Waals surface area contributed by atoms with Crippen molar-refractivity contribution in [1.82, 2.24) is 15.1 Å². The van der Waals surface area contributed by atoms with Gasteiger partial charge in [0.2, 0.25) is 0 Å². The molecule has 2 heterocycles. The van der Waals surface area contributed by atoms with Crippen LogP contribution in [0.2, 0.25) is 0 Å². The van der Waals surface area contributed by atoms with Gasteiger partial charge in [-0.25, -0.2) is 4.68 Å². The molecule has 0 fully saturated rings. The summed E-state index contributed by atoms with van der Waals surface area (Å²) in [6.45, 7) is 14.5. The third-order valence-electron chi connectivity index (χ3n) is 7.61. The monoisotopic (exact) mass is 526 g/mol. The SMILES string of the molecule is C=C/C=C(\C=C)C1CC(C)(C)n2ncc(C(=O)NCC(C)(c3ccc(OC)cc3)c3ccc(OC)cc3)c2N1. The zero-order valence-corrected chi connectivity index (χ0v) is 23.5. The fourth-order valence-electron chi connectivity index (χ4n) is 5.22. The number of methoxy groups -OCH3 is 2. The molecule has 1 unspecified atom stereocenters. The van der Waals surface area contributed by atoms with Crippen molar-refractivity contribution in [2.75, 3.05) is 26.1 Å². The van der Waals surface area contributed by atoms with Gasteiger partial charge < -0.3 is 20.1 Å². The van der Waals surface area contributed by atoms with Crippen LogP contribution < -0.4 is 20.1 Å².